The molecule has 0 N–H and O–H groups in total. The quantitative estimate of drug-likeness (QED) is 0.0532. The first-order chi connectivity index (χ1) is 22.5. The Bertz CT molecular complexity index is 611. The molecule has 0 aliphatic heterocycles. The molecule has 0 aliphatic carbocycles. The van der Waals surface area contributed by atoms with Crippen LogP contribution in [0.2, 0.25) is 19.6 Å². The molecule has 0 fully saturated rings. The van der Waals surface area contributed by atoms with Crippen molar-refractivity contribution in [3.05, 3.63) is 0 Å². The van der Waals surface area contributed by atoms with E-state index in [0.29, 0.717) is 145 Å². The first-order valence-electron chi connectivity index (χ1n) is 17.0. The molecule has 46 heavy (non-hydrogen) atoms. The summed E-state index contributed by atoms with van der Waals surface area (Å²) in [5.74, 6) is -0.151. The van der Waals surface area contributed by atoms with Crippen LogP contribution in [0.3, 0.4) is 0 Å². The molecule has 0 rings (SSSR count). The molecule has 276 valence electrons. The Kier molecular flexibility index (Phi) is 36.5. The molecule has 0 unspecified atom stereocenters. The van der Waals surface area contributed by atoms with Crippen LogP contribution in [0.5, 0.6) is 0 Å². The lowest BCUT2D eigenvalue weighted by Crippen LogP contribution is -2.27. The van der Waals surface area contributed by atoms with E-state index in [2.05, 4.69) is 26.6 Å². The second-order valence-corrected chi connectivity index (χ2v) is 15.6. The van der Waals surface area contributed by atoms with Gasteiger partial charge in [0.2, 0.25) is 0 Å². The number of esters is 1. The van der Waals surface area contributed by atoms with Crippen LogP contribution in [-0.4, -0.2) is 160 Å². The van der Waals surface area contributed by atoms with E-state index in [0.717, 1.165) is 25.7 Å². The van der Waals surface area contributed by atoms with Gasteiger partial charge in [-0.05, 0) is 26.1 Å². The van der Waals surface area contributed by atoms with E-state index in [1.165, 1.54) is 0 Å². The molecule has 0 aromatic rings. The number of hydrogen-bond acceptors (Lipinski definition) is 13. The molecule has 0 saturated carbocycles. The van der Waals surface area contributed by atoms with Crippen molar-refractivity contribution in [2.75, 3.05) is 145 Å². The van der Waals surface area contributed by atoms with Gasteiger partial charge < -0.3 is 56.5 Å². The maximum absolute atomic E-state index is 11.5. The molecule has 0 radical (unpaired) electrons. The van der Waals surface area contributed by atoms with Gasteiger partial charge in [0.15, 0.2) is 8.32 Å². The second-order valence-electron chi connectivity index (χ2n) is 11.1. The van der Waals surface area contributed by atoms with Gasteiger partial charge in [-0.2, -0.15) is 0 Å². The van der Waals surface area contributed by atoms with E-state index < -0.39 is 8.32 Å². The Balaban J connectivity index is 3.09. The molecule has 0 saturated heterocycles. The minimum Gasteiger partial charge on any atom is -0.463 e. The van der Waals surface area contributed by atoms with E-state index in [4.69, 9.17) is 56.5 Å². The summed E-state index contributed by atoms with van der Waals surface area (Å²) in [5.41, 5.74) is 0. The predicted octanol–water partition coefficient (Wildman–Crippen LogP) is 3.52. The van der Waals surface area contributed by atoms with Gasteiger partial charge in [0, 0.05) is 6.42 Å². The van der Waals surface area contributed by atoms with Crippen molar-refractivity contribution in [2.24, 2.45) is 0 Å². The lowest BCUT2D eigenvalue weighted by Gasteiger charge is -2.16. The van der Waals surface area contributed by atoms with Crippen molar-refractivity contribution < 1.29 is 61.3 Å². The zero-order valence-corrected chi connectivity index (χ0v) is 30.4. The van der Waals surface area contributed by atoms with Crippen LogP contribution in [0, 0.1) is 0 Å². The lowest BCUT2D eigenvalue weighted by atomic mass is 10.2. The van der Waals surface area contributed by atoms with Crippen LogP contribution in [0.25, 0.3) is 0 Å². The molecule has 0 aromatic heterocycles. The molecule has 0 amide bonds. The fourth-order valence-corrected chi connectivity index (χ4v) is 4.17. The van der Waals surface area contributed by atoms with Gasteiger partial charge in [0.25, 0.3) is 0 Å². The molecule has 13 nitrogen and oxygen atoms in total. The van der Waals surface area contributed by atoms with Gasteiger partial charge in [-0.25, -0.2) is 0 Å². The number of hydrogen-bond donors (Lipinski definition) is 0. The number of unbranched alkanes of at least 4 members (excludes halogenated alkanes) is 3. The average molecular weight is 687 g/mol. The molecule has 0 aromatic carbocycles. The van der Waals surface area contributed by atoms with Crippen molar-refractivity contribution >= 4 is 14.3 Å². The monoisotopic (exact) mass is 686 g/mol. The van der Waals surface area contributed by atoms with Crippen LogP contribution in [0.4, 0.5) is 0 Å². The van der Waals surface area contributed by atoms with E-state index in [-0.39, 0.29) is 12.6 Å². The van der Waals surface area contributed by atoms with Crippen molar-refractivity contribution in [1.82, 2.24) is 0 Å². The summed E-state index contributed by atoms with van der Waals surface area (Å²) in [6, 6.07) is 0. The van der Waals surface area contributed by atoms with E-state index in [9.17, 15) is 4.79 Å². The summed E-state index contributed by atoms with van der Waals surface area (Å²) < 4.78 is 65.5. The first kappa shape index (κ1) is 45.2. The van der Waals surface area contributed by atoms with Gasteiger partial charge in [-0.3, -0.25) is 4.79 Å². The normalized spacial score (nSPS) is 11.8. The van der Waals surface area contributed by atoms with Crippen molar-refractivity contribution in [3.63, 3.8) is 0 Å². The number of ether oxygens (including phenoxy) is 11. The number of carbonyl (C=O) groups is 1. The van der Waals surface area contributed by atoms with Gasteiger partial charge in [0.1, 0.15) is 6.61 Å². The highest BCUT2D eigenvalue weighted by Crippen LogP contribution is 2.03. The standard InChI is InChI=1S/C32H66O13Si/c1-5-6-7-8-9-32(33)44-30-28-42-26-24-40-22-20-38-18-16-36-14-12-34-10-11-35-13-15-37-17-19-39-21-23-41-25-27-43-29-31-45-46(2,3)4/h5-31H2,1-4H3. The molecule has 0 spiro atoms. The summed E-state index contributed by atoms with van der Waals surface area (Å²) in [6.45, 7) is 19.7. The van der Waals surface area contributed by atoms with Crippen molar-refractivity contribution in [1.29, 1.82) is 0 Å². The summed E-state index contributed by atoms with van der Waals surface area (Å²) >= 11 is 0. The number of carbonyl (C=O) groups excluding carboxylic acids is 1. The Morgan fingerprint density at radius 1 is 0.391 bits per heavy atom. The summed E-state index contributed by atoms with van der Waals surface area (Å²) in [5, 5.41) is 0. The van der Waals surface area contributed by atoms with E-state index >= 15 is 0 Å². The Labute approximate surface area is 279 Å². The van der Waals surface area contributed by atoms with Crippen LogP contribution in [0.15, 0.2) is 0 Å². The van der Waals surface area contributed by atoms with Crippen LogP contribution >= 0.6 is 0 Å². The smallest absolute Gasteiger partial charge is 0.305 e. The second kappa shape index (κ2) is 37.1. The van der Waals surface area contributed by atoms with Gasteiger partial charge in [-0.1, -0.05) is 26.2 Å². The molecule has 0 atom stereocenters. The maximum atomic E-state index is 11.5. The van der Waals surface area contributed by atoms with E-state index in [1.807, 2.05) is 0 Å². The third-order valence-corrected chi connectivity index (χ3v) is 6.91. The highest BCUT2D eigenvalue weighted by molar-refractivity contribution is 6.69. The van der Waals surface area contributed by atoms with E-state index in [1.54, 1.807) is 0 Å². The topological polar surface area (TPSA) is 128 Å². The molecular weight excluding hydrogens is 620 g/mol. The molecule has 14 heteroatoms. The minimum absolute atomic E-state index is 0.151. The number of rotatable bonds is 39. The zero-order chi connectivity index (χ0) is 33.7. The fraction of sp³-hybridized carbons (Fsp3) is 0.969. The van der Waals surface area contributed by atoms with Gasteiger partial charge in [0.05, 0.1) is 139 Å². The van der Waals surface area contributed by atoms with Crippen molar-refractivity contribution in [3.8, 4) is 0 Å². The zero-order valence-electron chi connectivity index (χ0n) is 29.4. The summed E-state index contributed by atoms with van der Waals surface area (Å²) in [4.78, 5) is 11.5. The molecule has 0 aliphatic rings. The predicted molar refractivity (Wildman–Crippen MR) is 177 cm³/mol. The maximum Gasteiger partial charge on any atom is 0.305 e. The third kappa shape index (κ3) is 41.3. The Morgan fingerprint density at radius 3 is 0.957 bits per heavy atom. The Morgan fingerprint density at radius 2 is 0.674 bits per heavy atom. The first-order valence-corrected chi connectivity index (χ1v) is 20.4. The highest BCUT2D eigenvalue weighted by atomic mass is 28.4. The van der Waals surface area contributed by atoms with Crippen molar-refractivity contribution in [2.45, 2.75) is 58.7 Å². The molecule has 0 heterocycles. The summed E-state index contributed by atoms with van der Waals surface area (Å²) in [6.07, 6.45) is 4.76. The van der Waals surface area contributed by atoms with Crippen LogP contribution < -0.4 is 0 Å². The third-order valence-electron chi connectivity index (χ3n) is 5.84. The fourth-order valence-electron chi connectivity index (χ4n) is 3.47. The average Bonchev–Trinajstić information content (AvgIpc) is 3.02. The van der Waals surface area contributed by atoms with Gasteiger partial charge in [-0.15, -0.1) is 0 Å². The SMILES string of the molecule is CCCCCCC(=O)OCCOCCOCCOCCOCCOCCOCCOCCOCCOCCOCCO[Si](C)(C)C. The Hall–Kier alpha value is -0.753. The highest BCUT2D eigenvalue weighted by Gasteiger charge is 2.13. The lowest BCUT2D eigenvalue weighted by molar-refractivity contribution is -0.145. The largest absolute Gasteiger partial charge is 0.463 e. The van der Waals surface area contributed by atoms with Gasteiger partial charge >= 0.3 is 5.97 Å². The molecule has 0 bridgehead atoms. The summed E-state index contributed by atoms with van der Waals surface area (Å²) in [7, 11) is -1.45. The van der Waals surface area contributed by atoms with Crippen LogP contribution in [0.1, 0.15) is 39.0 Å². The van der Waals surface area contributed by atoms with Crippen LogP contribution in [-0.2, 0) is 61.3 Å². The molecular formula is C32H66O13Si. The minimum atomic E-state index is -1.45.